The SMILES string of the molecule is CCCC1(N)CN(c2cccc(OC)n2)C1. The molecule has 1 fully saturated rings. The summed E-state index contributed by atoms with van der Waals surface area (Å²) in [5, 5.41) is 0. The molecule has 4 heteroatoms. The van der Waals surface area contributed by atoms with Gasteiger partial charge in [-0.15, -0.1) is 0 Å². The van der Waals surface area contributed by atoms with Crippen LogP contribution in [0.25, 0.3) is 0 Å². The number of aromatic nitrogens is 1. The summed E-state index contributed by atoms with van der Waals surface area (Å²) < 4.78 is 5.10. The van der Waals surface area contributed by atoms with Crippen molar-refractivity contribution in [2.45, 2.75) is 25.3 Å². The summed E-state index contributed by atoms with van der Waals surface area (Å²) in [4.78, 5) is 6.58. The Bertz CT molecular complexity index is 361. The summed E-state index contributed by atoms with van der Waals surface area (Å²) in [5.74, 6) is 1.61. The largest absolute Gasteiger partial charge is 0.481 e. The van der Waals surface area contributed by atoms with Gasteiger partial charge < -0.3 is 15.4 Å². The summed E-state index contributed by atoms with van der Waals surface area (Å²) in [6.07, 6.45) is 2.21. The highest BCUT2D eigenvalue weighted by atomic mass is 16.5. The Morgan fingerprint density at radius 3 is 2.88 bits per heavy atom. The van der Waals surface area contributed by atoms with E-state index in [2.05, 4.69) is 16.8 Å². The molecule has 0 atom stereocenters. The van der Waals surface area contributed by atoms with Crippen molar-refractivity contribution >= 4 is 5.82 Å². The molecule has 0 aliphatic carbocycles. The summed E-state index contributed by atoms with van der Waals surface area (Å²) >= 11 is 0. The summed E-state index contributed by atoms with van der Waals surface area (Å²) in [6, 6.07) is 5.80. The van der Waals surface area contributed by atoms with Crippen LogP contribution in [0.2, 0.25) is 0 Å². The van der Waals surface area contributed by atoms with E-state index in [9.17, 15) is 0 Å². The van der Waals surface area contributed by atoms with Gasteiger partial charge in [-0.3, -0.25) is 0 Å². The van der Waals surface area contributed by atoms with E-state index in [0.29, 0.717) is 5.88 Å². The van der Waals surface area contributed by atoms with E-state index in [1.807, 2.05) is 18.2 Å². The highest BCUT2D eigenvalue weighted by Crippen LogP contribution is 2.28. The fraction of sp³-hybridized carbons (Fsp3) is 0.583. The molecular formula is C12H19N3O. The van der Waals surface area contributed by atoms with Crippen LogP contribution >= 0.6 is 0 Å². The van der Waals surface area contributed by atoms with E-state index >= 15 is 0 Å². The van der Waals surface area contributed by atoms with Gasteiger partial charge in [-0.05, 0) is 12.5 Å². The molecule has 2 rings (SSSR count). The van der Waals surface area contributed by atoms with Crippen LogP contribution in [0.5, 0.6) is 5.88 Å². The monoisotopic (exact) mass is 221 g/mol. The Kier molecular flexibility index (Phi) is 3.01. The lowest BCUT2D eigenvalue weighted by Gasteiger charge is -2.48. The molecule has 1 aromatic heterocycles. The van der Waals surface area contributed by atoms with E-state index in [4.69, 9.17) is 10.5 Å². The number of hydrogen-bond donors (Lipinski definition) is 1. The zero-order valence-corrected chi connectivity index (χ0v) is 9.94. The average molecular weight is 221 g/mol. The molecule has 0 spiro atoms. The predicted molar refractivity (Wildman–Crippen MR) is 64.8 cm³/mol. The molecule has 4 nitrogen and oxygen atoms in total. The molecule has 0 bridgehead atoms. The van der Waals surface area contributed by atoms with Gasteiger partial charge in [0.05, 0.1) is 12.6 Å². The first-order chi connectivity index (χ1) is 7.67. The molecule has 0 aromatic carbocycles. The fourth-order valence-electron chi connectivity index (χ4n) is 2.23. The number of anilines is 1. The first-order valence-electron chi connectivity index (χ1n) is 5.72. The van der Waals surface area contributed by atoms with Crippen LogP contribution in [0.15, 0.2) is 18.2 Å². The fourth-order valence-corrected chi connectivity index (χ4v) is 2.23. The molecule has 2 N–H and O–H groups in total. The van der Waals surface area contributed by atoms with Crippen molar-refractivity contribution in [1.29, 1.82) is 0 Å². The second-order valence-corrected chi connectivity index (χ2v) is 4.51. The van der Waals surface area contributed by atoms with Gasteiger partial charge >= 0.3 is 0 Å². The van der Waals surface area contributed by atoms with Crippen LogP contribution in [-0.2, 0) is 0 Å². The van der Waals surface area contributed by atoms with Gasteiger partial charge in [0.25, 0.3) is 0 Å². The number of methoxy groups -OCH3 is 1. The molecule has 1 saturated heterocycles. The molecule has 0 unspecified atom stereocenters. The Morgan fingerprint density at radius 2 is 2.25 bits per heavy atom. The first kappa shape index (κ1) is 11.2. The first-order valence-corrected chi connectivity index (χ1v) is 5.72. The van der Waals surface area contributed by atoms with Crippen molar-refractivity contribution in [1.82, 2.24) is 4.98 Å². The highest BCUT2D eigenvalue weighted by Gasteiger charge is 2.39. The second kappa shape index (κ2) is 4.29. The maximum Gasteiger partial charge on any atom is 0.214 e. The average Bonchev–Trinajstić information content (AvgIpc) is 2.26. The van der Waals surface area contributed by atoms with E-state index in [0.717, 1.165) is 31.7 Å². The summed E-state index contributed by atoms with van der Waals surface area (Å²) in [7, 11) is 1.63. The van der Waals surface area contributed by atoms with E-state index in [1.54, 1.807) is 7.11 Å². The number of pyridine rings is 1. The zero-order chi connectivity index (χ0) is 11.6. The van der Waals surface area contributed by atoms with E-state index in [-0.39, 0.29) is 5.54 Å². The quantitative estimate of drug-likeness (QED) is 0.835. The Balaban J connectivity index is 2.00. The third-order valence-corrected chi connectivity index (χ3v) is 3.00. The molecule has 88 valence electrons. The lowest BCUT2D eigenvalue weighted by Crippen LogP contribution is -2.67. The maximum atomic E-state index is 6.21. The number of hydrogen-bond acceptors (Lipinski definition) is 4. The Hall–Kier alpha value is -1.29. The normalized spacial score (nSPS) is 18.1. The van der Waals surface area contributed by atoms with Crippen LogP contribution in [-0.4, -0.2) is 30.7 Å². The molecule has 16 heavy (non-hydrogen) atoms. The van der Waals surface area contributed by atoms with Gasteiger partial charge in [0.2, 0.25) is 5.88 Å². The molecule has 0 saturated carbocycles. The molecule has 1 aliphatic rings. The standard InChI is InChI=1S/C12H19N3O/c1-3-7-12(13)8-15(9-12)10-5-4-6-11(14-10)16-2/h4-6H,3,7-9,13H2,1-2H3. The number of ether oxygens (including phenoxy) is 1. The van der Waals surface area contributed by atoms with E-state index in [1.165, 1.54) is 0 Å². The Labute approximate surface area is 96.4 Å². The molecule has 0 amide bonds. The van der Waals surface area contributed by atoms with Crippen LogP contribution in [0.1, 0.15) is 19.8 Å². The van der Waals surface area contributed by atoms with Crippen molar-refractivity contribution in [2.75, 3.05) is 25.1 Å². The van der Waals surface area contributed by atoms with Crippen molar-refractivity contribution in [3.8, 4) is 5.88 Å². The number of nitrogens with two attached hydrogens (primary N) is 1. The van der Waals surface area contributed by atoms with Crippen LogP contribution < -0.4 is 15.4 Å². The third kappa shape index (κ3) is 2.11. The third-order valence-electron chi connectivity index (χ3n) is 3.00. The molecular weight excluding hydrogens is 202 g/mol. The Morgan fingerprint density at radius 1 is 1.50 bits per heavy atom. The van der Waals surface area contributed by atoms with Crippen LogP contribution in [0.4, 0.5) is 5.82 Å². The van der Waals surface area contributed by atoms with Gasteiger partial charge in [-0.25, -0.2) is 0 Å². The minimum atomic E-state index is -0.0144. The minimum absolute atomic E-state index is 0.0144. The van der Waals surface area contributed by atoms with Gasteiger partial charge in [0, 0.05) is 19.2 Å². The second-order valence-electron chi connectivity index (χ2n) is 4.51. The van der Waals surface area contributed by atoms with Gasteiger partial charge in [-0.1, -0.05) is 19.4 Å². The van der Waals surface area contributed by atoms with Gasteiger partial charge in [0.1, 0.15) is 5.82 Å². The molecule has 1 aromatic rings. The number of rotatable bonds is 4. The highest BCUT2D eigenvalue weighted by molar-refractivity contribution is 5.45. The zero-order valence-electron chi connectivity index (χ0n) is 9.94. The van der Waals surface area contributed by atoms with Crippen molar-refractivity contribution in [3.63, 3.8) is 0 Å². The van der Waals surface area contributed by atoms with Crippen LogP contribution in [0.3, 0.4) is 0 Å². The smallest absolute Gasteiger partial charge is 0.214 e. The lowest BCUT2D eigenvalue weighted by molar-refractivity contribution is 0.304. The number of nitrogens with zero attached hydrogens (tertiary/aromatic N) is 2. The molecule has 0 radical (unpaired) electrons. The lowest BCUT2D eigenvalue weighted by atomic mass is 9.86. The van der Waals surface area contributed by atoms with Gasteiger partial charge in [0.15, 0.2) is 0 Å². The van der Waals surface area contributed by atoms with Crippen LogP contribution in [0, 0.1) is 0 Å². The maximum absolute atomic E-state index is 6.21. The van der Waals surface area contributed by atoms with Gasteiger partial charge in [-0.2, -0.15) is 4.98 Å². The van der Waals surface area contributed by atoms with E-state index < -0.39 is 0 Å². The van der Waals surface area contributed by atoms with Crippen molar-refractivity contribution in [3.05, 3.63) is 18.2 Å². The summed E-state index contributed by atoms with van der Waals surface area (Å²) in [5.41, 5.74) is 6.20. The van der Waals surface area contributed by atoms with Crippen molar-refractivity contribution < 1.29 is 4.74 Å². The predicted octanol–water partition coefficient (Wildman–Crippen LogP) is 1.41. The minimum Gasteiger partial charge on any atom is -0.481 e. The topological polar surface area (TPSA) is 51.4 Å². The van der Waals surface area contributed by atoms with Crippen molar-refractivity contribution in [2.24, 2.45) is 5.73 Å². The summed E-state index contributed by atoms with van der Waals surface area (Å²) in [6.45, 7) is 3.95. The molecule has 2 heterocycles. The molecule has 1 aliphatic heterocycles.